The summed E-state index contributed by atoms with van der Waals surface area (Å²) >= 11 is 0. The van der Waals surface area contributed by atoms with Crippen LogP contribution in [0.25, 0.3) is 10.9 Å². The molecule has 2 heterocycles. The van der Waals surface area contributed by atoms with Gasteiger partial charge in [-0.3, -0.25) is 9.59 Å². The van der Waals surface area contributed by atoms with Crippen LogP contribution >= 0.6 is 0 Å². The third kappa shape index (κ3) is 3.55. The van der Waals surface area contributed by atoms with Gasteiger partial charge in [-0.25, -0.2) is 4.79 Å². The highest BCUT2D eigenvalue weighted by Gasteiger charge is 2.26. The molecule has 0 spiro atoms. The van der Waals surface area contributed by atoms with Crippen molar-refractivity contribution in [3.8, 4) is 0 Å². The predicted octanol–water partition coefficient (Wildman–Crippen LogP) is 2.83. The monoisotopic (exact) mass is 381 g/mol. The van der Waals surface area contributed by atoms with Crippen LogP contribution in [0, 0.1) is 13.8 Å². The zero-order chi connectivity index (χ0) is 20.4. The molecule has 0 aliphatic heterocycles. The lowest BCUT2D eigenvalue weighted by Gasteiger charge is -2.16. The summed E-state index contributed by atoms with van der Waals surface area (Å²) in [5.41, 5.74) is 3.82. The van der Waals surface area contributed by atoms with E-state index in [2.05, 4.69) is 15.3 Å². The van der Waals surface area contributed by atoms with Crippen molar-refractivity contribution in [3.63, 3.8) is 0 Å². The summed E-state index contributed by atoms with van der Waals surface area (Å²) in [5, 5.41) is 3.72. The van der Waals surface area contributed by atoms with Crippen LogP contribution in [-0.4, -0.2) is 40.8 Å². The molecule has 7 heteroatoms. The first-order valence-electron chi connectivity index (χ1n) is 8.97. The second-order valence-electron chi connectivity index (χ2n) is 6.79. The van der Waals surface area contributed by atoms with E-state index in [1.807, 2.05) is 30.5 Å². The van der Waals surface area contributed by atoms with Gasteiger partial charge in [0.1, 0.15) is 11.7 Å². The van der Waals surface area contributed by atoms with Gasteiger partial charge in [0.25, 0.3) is 5.91 Å². The number of aryl methyl sites for hydroxylation is 1. The van der Waals surface area contributed by atoms with Gasteiger partial charge in [0.15, 0.2) is 5.78 Å². The maximum Gasteiger partial charge on any atom is 0.328 e. The van der Waals surface area contributed by atoms with Gasteiger partial charge in [-0.05, 0) is 38.0 Å². The van der Waals surface area contributed by atoms with E-state index < -0.39 is 17.9 Å². The maximum atomic E-state index is 12.8. The second kappa shape index (κ2) is 7.72. The smallest absolute Gasteiger partial charge is 0.328 e. The summed E-state index contributed by atoms with van der Waals surface area (Å²) < 4.78 is 4.88. The number of ether oxygens (including phenoxy) is 1. The van der Waals surface area contributed by atoms with E-state index in [0.29, 0.717) is 16.8 Å². The summed E-state index contributed by atoms with van der Waals surface area (Å²) in [4.78, 5) is 43.0. The number of H-pyrrole nitrogens is 2. The quantitative estimate of drug-likeness (QED) is 0.451. The molecule has 0 radical (unpaired) electrons. The molecule has 1 amide bonds. The van der Waals surface area contributed by atoms with Crippen LogP contribution in [0.5, 0.6) is 0 Å². The Labute approximate surface area is 162 Å². The Bertz CT molecular complexity index is 1060. The molecular weight excluding hydrogens is 358 g/mol. The molecule has 28 heavy (non-hydrogen) atoms. The zero-order valence-corrected chi connectivity index (χ0v) is 16.3. The molecule has 0 aliphatic carbocycles. The van der Waals surface area contributed by atoms with E-state index in [0.717, 1.165) is 16.5 Å². The van der Waals surface area contributed by atoms with Crippen molar-refractivity contribution < 1.29 is 19.1 Å². The number of para-hydroxylation sites is 1. The van der Waals surface area contributed by atoms with Gasteiger partial charge in [0.05, 0.1) is 7.11 Å². The predicted molar refractivity (Wildman–Crippen MR) is 106 cm³/mol. The van der Waals surface area contributed by atoms with Gasteiger partial charge in [-0.15, -0.1) is 0 Å². The van der Waals surface area contributed by atoms with Gasteiger partial charge in [-0.1, -0.05) is 18.2 Å². The number of aromatic amines is 2. The van der Waals surface area contributed by atoms with Crippen LogP contribution < -0.4 is 5.32 Å². The summed E-state index contributed by atoms with van der Waals surface area (Å²) in [6.07, 6.45) is 2.10. The number of Topliss-reactive ketones (excluding diaryl/α,β-unsaturated/α-hetero) is 1. The number of amides is 1. The molecule has 3 rings (SSSR count). The van der Waals surface area contributed by atoms with Crippen molar-refractivity contribution in [2.24, 2.45) is 0 Å². The molecule has 0 aliphatic rings. The van der Waals surface area contributed by atoms with Crippen LogP contribution in [0.3, 0.4) is 0 Å². The molecule has 7 nitrogen and oxygen atoms in total. The second-order valence-corrected chi connectivity index (χ2v) is 6.79. The average Bonchev–Trinajstić information content (AvgIpc) is 3.20. The fourth-order valence-electron chi connectivity index (χ4n) is 3.59. The molecule has 2 aromatic heterocycles. The number of hydrogen-bond acceptors (Lipinski definition) is 4. The fraction of sp³-hybridized carbons (Fsp3) is 0.286. The van der Waals surface area contributed by atoms with Crippen molar-refractivity contribution in [2.75, 3.05) is 7.11 Å². The van der Waals surface area contributed by atoms with E-state index in [9.17, 15) is 14.4 Å². The van der Waals surface area contributed by atoms with Crippen LogP contribution in [-0.2, 0) is 16.0 Å². The number of fused-ring (bicyclic) bond motifs is 1. The highest BCUT2D eigenvalue weighted by molar-refractivity contribution is 6.03. The third-order valence-electron chi connectivity index (χ3n) is 4.91. The van der Waals surface area contributed by atoms with E-state index in [1.54, 1.807) is 13.8 Å². The molecule has 0 saturated carbocycles. The largest absolute Gasteiger partial charge is 0.467 e. The first-order valence-corrected chi connectivity index (χ1v) is 8.97. The Balaban J connectivity index is 1.87. The number of carbonyl (C=O) groups is 3. The average molecular weight is 381 g/mol. The van der Waals surface area contributed by atoms with Crippen LogP contribution in [0.15, 0.2) is 30.5 Å². The minimum Gasteiger partial charge on any atom is -0.467 e. The van der Waals surface area contributed by atoms with Gasteiger partial charge in [0.2, 0.25) is 0 Å². The number of rotatable bonds is 6. The van der Waals surface area contributed by atoms with Crippen LogP contribution in [0.4, 0.5) is 0 Å². The lowest BCUT2D eigenvalue weighted by molar-refractivity contribution is -0.142. The number of carbonyl (C=O) groups excluding carboxylic acids is 3. The number of aromatic nitrogens is 2. The molecule has 1 unspecified atom stereocenters. The first kappa shape index (κ1) is 19.4. The molecule has 1 atom stereocenters. The minimum atomic E-state index is -0.861. The number of benzene rings is 1. The van der Waals surface area contributed by atoms with Crippen molar-refractivity contribution in [1.82, 2.24) is 15.3 Å². The lowest BCUT2D eigenvalue weighted by atomic mass is 10.0. The normalized spacial score (nSPS) is 12.0. The molecule has 0 saturated heterocycles. The van der Waals surface area contributed by atoms with Gasteiger partial charge >= 0.3 is 5.97 Å². The molecular formula is C21H23N3O4. The number of methoxy groups -OCH3 is 1. The lowest BCUT2D eigenvalue weighted by Crippen LogP contribution is -2.43. The number of nitrogens with one attached hydrogen (secondary N) is 3. The van der Waals surface area contributed by atoms with Gasteiger partial charge in [0, 0.05) is 34.8 Å². The number of esters is 1. The maximum absolute atomic E-state index is 12.8. The molecule has 1 aromatic carbocycles. The summed E-state index contributed by atoms with van der Waals surface area (Å²) in [6, 6.07) is 6.87. The van der Waals surface area contributed by atoms with E-state index in [-0.39, 0.29) is 17.9 Å². The topological polar surface area (TPSA) is 104 Å². The minimum absolute atomic E-state index is 0.117. The van der Waals surface area contributed by atoms with Crippen molar-refractivity contribution in [1.29, 1.82) is 0 Å². The SMILES string of the molecule is COC(=O)C(Cc1c[nH]c2ccccc12)NC(=O)c1[nH]c(C)c(C(C)=O)c1C. The van der Waals surface area contributed by atoms with Crippen molar-refractivity contribution in [2.45, 2.75) is 33.2 Å². The molecule has 3 aromatic rings. The van der Waals surface area contributed by atoms with Crippen molar-refractivity contribution in [3.05, 3.63) is 58.5 Å². The standard InChI is InChI=1S/C21H23N3O4/c1-11-18(13(3)25)12(2)23-19(11)20(26)24-17(21(27)28-4)9-14-10-22-16-8-6-5-7-15(14)16/h5-8,10,17,22-23H,9H2,1-4H3,(H,24,26). The Morgan fingerprint density at radius 3 is 2.54 bits per heavy atom. The first-order chi connectivity index (χ1) is 13.3. The highest BCUT2D eigenvalue weighted by Crippen LogP contribution is 2.21. The fourth-order valence-corrected chi connectivity index (χ4v) is 3.59. The summed E-state index contributed by atoms with van der Waals surface area (Å²) in [7, 11) is 1.29. The summed E-state index contributed by atoms with van der Waals surface area (Å²) in [5.74, 6) is -1.11. The Hall–Kier alpha value is -3.35. The summed E-state index contributed by atoms with van der Waals surface area (Å²) in [6.45, 7) is 4.91. The van der Waals surface area contributed by atoms with E-state index in [1.165, 1.54) is 14.0 Å². The molecule has 3 N–H and O–H groups in total. The Morgan fingerprint density at radius 2 is 1.89 bits per heavy atom. The number of ketones is 1. The molecule has 0 fully saturated rings. The zero-order valence-electron chi connectivity index (χ0n) is 16.3. The highest BCUT2D eigenvalue weighted by atomic mass is 16.5. The van der Waals surface area contributed by atoms with Crippen LogP contribution in [0.2, 0.25) is 0 Å². The van der Waals surface area contributed by atoms with Gasteiger partial charge in [-0.2, -0.15) is 0 Å². The van der Waals surface area contributed by atoms with E-state index >= 15 is 0 Å². The number of hydrogen-bond donors (Lipinski definition) is 3. The van der Waals surface area contributed by atoms with Crippen LogP contribution in [0.1, 0.15) is 44.6 Å². The molecule has 146 valence electrons. The Morgan fingerprint density at radius 1 is 1.18 bits per heavy atom. The Kier molecular flexibility index (Phi) is 5.35. The molecule has 0 bridgehead atoms. The van der Waals surface area contributed by atoms with Gasteiger partial charge < -0.3 is 20.0 Å². The van der Waals surface area contributed by atoms with Crippen molar-refractivity contribution >= 4 is 28.6 Å². The third-order valence-corrected chi connectivity index (χ3v) is 4.91. The van der Waals surface area contributed by atoms with E-state index in [4.69, 9.17) is 4.74 Å².